The lowest BCUT2D eigenvalue weighted by atomic mass is 9.90. The number of hydrogen-bond acceptors (Lipinski definition) is 3. The van der Waals surface area contributed by atoms with Gasteiger partial charge in [-0.3, -0.25) is 0 Å². The first-order chi connectivity index (χ1) is 7.03. The molecule has 0 aromatic carbocycles. The Balaban J connectivity index is 2.53. The van der Waals surface area contributed by atoms with E-state index in [0.29, 0.717) is 0 Å². The van der Waals surface area contributed by atoms with Gasteiger partial charge in [-0.15, -0.1) is 0 Å². The van der Waals surface area contributed by atoms with Crippen LogP contribution < -0.4 is 5.32 Å². The third-order valence-electron chi connectivity index (χ3n) is 2.14. The quantitative estimate of drug-likeness (QED) is 0.759. The molecule has 3 heteroatoms. The third kappa shape index (κ3) is 4.47. The molecule has 15 heavy (non-hydrogen) atoms. The van der Waals surface area contributed by atoms with Crippen LogP contribution in [-0.4, -0.2) is 11.5 Å². The second-order valence-corrected chi connectivity index (χ2v) is 5.14. The van der Waals surface area contributed by atoms with Crippen molar-refractivity contribution in [2.24, 2.45) is 5.41 Å². The number of nitrogens with one attached hydrogen (secondary N) is 1. The zero-order chi connectivity index (χ0) is 11.3. The average Bonchev–Trinajstić information content (AvgIpc) is 2.50. The highest BCUT2D eigenvalue weighted by Crippen LogP contribution is 2.22. The summed E-state index contributed by atoms with van der Waals surface area (Å²) < 4.78 is 5.42. The topological polar surface area (TPSA) is 38.1 Å². The van der Waals surface area contributed by atoms with Gasteiger partial charge in [0, 0.05) is 13.0 Å². The van der Waals surface area contributed by atoms with E-state index in [-0.39, 0.29) is 5.41 Å². The summed E-state index contributed by atoms with van der Waals surface area (Å²) in [6.07, 6.45) is 3.63. The average molecular weight is 210 g/mol. The molecule has 0 aliphatic carbocycles. The fourth-order valence-corrected chi connectivity index (χ4v) is 1.45. The van der Waals surface area contributed by atoms with E-state index in [0.717, 1.165) is 37.4 Å². The number of oxazole rings is 1. The Hall–Kier alpha value is -0.830. The Morgan fingerprint density at radius 3 is 2.73 bits per heavy atom. The minimum atomic E-state index is 0.249. The van der Waals surface area contributed by atoms with E-state index in [1.54, 1.807) is 6.39 Å². The molecule has 0 bridgehead atoms. The summed E-state index contributed by atoms with van der Waals surface area (Å²) in [5.41, 5.74) is 1.30. The van der Waals surface area contributed by atoms with Gasteiger partial charge in [-0.2, -0.15) is 0 Å². The number of nitrogens with zero attached hydrogens (tertiary/aromatic N) is 1. The molecule has 1 aromatic heterocycles. The molecule has 0 saturated heterocycles. The maximum atomic E-state index is 5.42. The summed E-state index contributed by atoms with van der Waals surface area (Å²) in [6.45, 7) is 10.6. The van der Waals surface area contributed by atoms with Gasteiger partial charge >= 0.3 is 0 Å². The van der Waals surface area contributed by atoms with Crippen LogP contribution in [0.2, 0.25) is 0 Å². The minimum absolute atomic E-state index is 0.249. The fourth-order valence-electron chi connectivity index (χ4n) is 1.45. The predicted octanol–water partition coefficient (Wildman–Crippen LogP) is 2.76. The van der Waals surface area contributed by atoms with E-state index in [4.69, 9.17) is 4.42 Å². The lowest BCUT2D eigenvalue weighted by Crippen LogP contribution is -2.17. The summed E-state index contributed by atoms with van der Waals surface area (Å²) in [5.74, 6) is 1.02. The second kappa shape index (κ2) is 5.31. The molecular weight excluding hydrogens is 188 g/mol. The van der Waals surface area contributed by atoms with Crippen molar-refractivity contribution in [1.82, 2.24) is 10.3 Å². The minimum Gasteiger partial charge on any atom is -0.448 e. The van der Waals surface area contributed by atoms with E-state index >= 15 is 0 Å². The first-order valence-electron chi connectivity index (χ1n) is 5.65. The van der Waals surface area contributed by atoms with E-state index in [1.807, 2.05) is 0 Å². The molecule has 1 N–H and O–H groups in total. The monoisotopic (exact) mass is 210 g/mol. The highest BCUT2D eigenvalue weighted by atomic mass is 16.3. The van der Waals surface area contributed by atoms with Gasteiger partial charge in [0.2, 0.25) is 0 Å². The third-order valence-corrected chi connectivity index (χ3v) is 2.14. The van der Waals surface area contributed by atoms with E-state index in [9.17, 15) is 0 Å². The number of aromatic nitrogens is 1. The van der Waals surface area contributed by atoms with Crippen LogP contribution in [0, 0.1) is 5.41 Å². The fraction of sp³-hybridized carbons (Fsp3) is 0.750. The van der Waals surface area contributed by atoms with E-state index in [2.05, 4.69) is 38.0 Å². The smallest absolute Gasteiger partial charge is 0.181 e. The van der Waals surface area contributed by atoms with Gasteiger partial charge in [-0.05, 0) is 18.4 Å². The summed E-state index contributed by atoms with van der Waals surface area (Å²) >= 11 is 0. The summed E-state index contributed by atoms with van der Waals surface area (Å²) in [7, 11) is 0. The lowest BCUT2D eigenvalue weighted by molar-refractivity contribution is 0.359. The van der Waals surface area contributed by atoms with Crippen LogP contribution in [0.1, 0.15) is 45.6 Å². The van der Waals surface area contributed by atoms with Crippen molar-refractivity contribution in [2.75, 3.05) is 6.54 Å². The molecule has 0 saturated carbocycles. The Morgan fingerprint density at radius 2 is 2.13 bits per heavy atom. The molecule has 0 radical (unpaired) electrons. The molecule has 0 amide bonds. The Morgan fingerprint density at radius 1 is 1.40 bits per heavy atom. The summed E-state index contributed by atoms with van der Waals surface area (Å²) in [5, 5.41) is 3.34. The zero-order valence-corrected chi connectivity index (χ0v) is 10.3. The van der Waals surface area contributed by atoms with Gasteiger partial charge in [0.1, 0.15) is 5.76 Å². The van der Waals surface area contributed by atoms with Crippen LogP contribution in [0.25, 0.3) is 0 Å². The summed E-state index contributed by atoms with van der Waals surface area (Å²) in [6, 6.07) is 0. The molecule has 0 atom stereocenters. The Bertz CT molecular complexity index is 286. The van der Waals surface area contributed by atoms with Crippen molar-refractivity contribution in [3.05, 3.63) is 17.8 Å². The van der Waals surface area contributed by atoms with Crippen LogP contribution >= 0.6 is 0 Å². The van der Waals surface area contributed by atoms with Crippen molar-refractivity contribution in [3.8, 4) is 0 Å². The highest BCUT2D eigenvalue weighted by molar-refractivity contribution is 5.08. The zero-order valence-electron chi connectivity index (χ0n) is 10.3. The van der Waals surface area contributed by atoms with Gasteiger partial charge < -0.3 is 9.73 Å². The van der Waals surface area contributed by atoms with E-state index < -0.39 is 0 Å². The second-order valence-electron chi connectivity index (χ2n) is 5.14. The Labute approximate surface area is 92.3 Å². The van der Waals surface area contributed by atoms with Gasteiger partial charge in [0.05, 0.1) is 5.69 Å². The SMILES string of the molecule is CCCNCc1ncoc1CC(C)(C)C. The molecule has 86 valence electrons. The van der Waals surface area contributed by atoms with Gasteiger partial charge in [-0.1, -0.05) is 27.7 Å². The van der Waals surface area contributed by atoms with Gasteiger partial charge in [0.15, 0.2) is 6.39 Å². The van der Waals surface area contributed by atoms with Crippen LogP contribution in [0.15, 0.2) is 10.8 Å². The molecule has 0 spiro atoms. The van der Waals surface area contributed by atoms with E-state index in [1.165, 1.54) is 0 Å². The molecule has 3 nitrogen and oxygen atoms in total. The standard InChI is InChI=1S/C12H22N2O/c1-5-6-13-8-10-11(15-9-14-10)7-12(2,3)4/h9,13H,5-8H2,1-4H3. The maximum Gasteiger partial charge on any atom is 0.181 e. The lowest BCUT2D eigenvalue weighted by Gasteiger charge is -2.16. The van der Waals surface area contributed by atoms with Crippen molar-refractivity contribution < 1.29 is 4.42 Å². The number of rotatable bonds is 5. The van der Waals surface area contributed by atoms with Gasteiger partial charge in [-0.25, -0.2) is 4.98 Å². The largest absolute Gasteiger partial charge is 0.448 e. The van der Waals surface area contributed by atoms with Crippen molar-refractivity contribution in [1.29, 1.82) is 0 Å². The van der Waals surface area contributed by atoms with Crippen LogP contribution in [-0.2, 0) is 13.0 Å². The van der Waals surface area contributed by atoms with Crippen molar-refractivity contribution in [3.63, 3.8) is 0 Å². The van der Waals surface area contributed by atoms with Crippen LogP contribution in [0.5, 0.6) is 0 Å². The summed E-state index contributed by atoms with van der Waals surface area (Å²) in [4.78, 5) is 4.24. The molecule has 0 unspecified atom stereocenters. The van der Waals surface area contributed by atoms with Crippen molar-refractivity contribution in [2.45, 2.75) is 47.1 Å². The first-order valence-corrected chi connectivity index (χ1v) is 5.65. The molecule has 0 aliphatic heterocycles. The Kier molecular flexibility index (Phi) is 4.33. The van der Waals surface area contributed by atoms with Crippen molar-refractivity contribution >= 4 is 0 Å². The molecule has 1 heterocycles. The van der Waals surface area contributed by atoms with Crippen LogP contribution in [0.4, 0.5) is 0 Å². The molecule has 1 aromatic rings. The van der Waals surface area contributed by atoms with Crippen LogP contribution in [0.3, 0.4) is 0 Å². The molecular formula is C12H22N2O. The molecule has 0 aliphatic rings. The highest BCUT2D eigenvalue weighted by Gasteiger charge is 2.17. The predicted molar refractivity (Wildman–Crippen MR) is 61.7 cm³/mol. The normalized spacial score (nSPS) is 12.0. The maximum absolute atomic E-state index is 5.42. The van der Waals surface area contributed by atoms with Gasteiger partial charge in [0.25, 0.3) is 0 Å². The molecule has 0 fully saturated rings. The molecule has 1 rings (SSSR count). The first kappa shape index (κ1) is 12.2. The number of hydrogen-bond donors (Lipinski definition) is 1.